The predicted octanol–water partition coefficient (Wildman–Crippen LogP) is 5.08. The third kappa shape index (κ3) is 16.8. The number of anilines is 2. The third-order valence-electron chi connectivity index (χ3n) is 2.08. The molecule has 0 unspecified atom stereocenters. The number of hydrogen-bond acceptors (Lipinski definition) is 7. The van der Waals surface area contributed by atoms with E-state index in [0.29, 0.717) is 4.47 Å². The Hall–Kier alpha value is -1.87. The highest BCUT2D eigenvalue weighted by Crippen LogP contribution is 2.24. The lowest BCUT2D eigenvalue weighted by Gasteiger charge is -2.05. The molecule has 0 spiro atoms. The fourth-order valence-corrected chi connectivity index (χ4v) is 1.53. The summed E-state index contributed by atoms with van der Waals surface area (Å²) in [6, 6.07) is 4.12. The second-order valence-electron chi connectivity index (χ2n) is 4.20. The number of rotatable bonds is 4. The number of aliphatic carboxylic acids is 1. The number of hydrogen-bond donors (Lipinski definition) is 3. The lowest BCUT2D eigenvalue weighted by Crippen LogP contribution is -2.05. The summed E-state index contributed by atoms with van der Waals surface area (Å²) in [5.41, 5.74) is 10.4. The van der Waals surface area contributed by atoms with E-state index in [1.165, 1.54) is 30.6 Å². The van der Waals surface area contributed by atoms with Gasteiger partial charge in [-0.25, -0.2) is 9.97 Å². The minimum absolute atomic E-state index is 0.0344. The van der Waals surface area contributed by atoms with Crippen LogP contribution in [-0.4, -0.2) is 34.3 Å². The van der Waals surface area contributed by atoms with Crippen LogP contribution in [0.3, 0.4) is 0 Å². The van der Waals surface area contributed by atoms with Crippen LogP contribution in [0.4, 0.5) is 29.2 Å². The van der Waals surface area contributed by atoms with E-state index < -0.39 is 19.2 Å². The minimum Gasteiger partial charge on any atom is -0.481 e. The van der Waals surface area contributed by atoms with Crippen LogP contribution in [0, 0.1) is 0 Å². The summed E-state index contributed by atoms with van der Waals surface area (Å²) in [6.07, 6.45) is 2.79. The molecule has 8 nitrogen and oxygen atoms in total. The average Bonchev–Trinajstić information content (AvgIpc) is 2.61. The van der Waals surface area contributed by atoms with Gasteiger partial charge in [-0.2, -0.15) is 17.6 Å². The summed E-state index contributed by atoms with van der Waals surface area (Å²) in [6.45, 7) is -4.66. The molecule has 2 aromatic rings. The number of nitrogens with two attached hydrogens (primary N) is 2. The normalized spacial score (nSPS) is 9.17. The van der Waals surface area contributed by atoms with Gasteiger partial charge in [-0.1, -0.05) is 0 Å². The molecular weight excluding hydrogens is 604 g/mol. The van der Waals surface area contributed by atoms with Crippen LogP contribution >= 0.6 is 44.2 Å². The van der Waals surface area contributed by atoms with Crippen molar-refractivity contribution in [2.24, 2.45) is 0 Å². The first-order valence-corrected chi connectivity index (χ1v) is 11.4. The first-order valence-electron chi connectivity index (χ1n) is 6.87. The van der Waals surface area contributed by atoms with Crippen LogP contribution in [-0.2, 0) is 4.79 Å². The number of nitrogens with zero attached hydrogens (tertiary/aromatic N) is 2. The Bertz CT molecular complexity index is 729. The Labute approximate surface area is 186 Å². The average molecular weight is 619 g/mol. The molecule has 0 amide bonds. The number of aromatic nitrogens is 2. The molecule has 2 aromatic heterocycles. The van der Waals surface area contributed by atoms with Crippen LogP contribution in [0.5, 0.6) is 11.5 Å². The van der Waals surface area contributed by atoms with Crippen molar-refractivity contribution in [1.82, 2.24) is 9.97 Å². The lowest BCUT2D eigenvalue weighted by atomic mass is 10.4. The number of nitrogen functional groups attached to an aromatic ring is 2. The Kier molecular flexibility index (Phi) is 17.2. The smallest absolute Gasteiger partial charge is 0.387 e. The maximum Gasteiger partial charge on any atom is 0.387 e. The summed E-state index contributed by atoms with van der Waals surface area (Å²) in [4.78, 5) is 16.2. The maximum absolute atomic E-state index is 11.7. The second kappa shape index (κ2) is 17.0. The van der Waals surface area contributed by atoms with Crippen LogP contribution in [0.2, 0.25) is 0 Å². The van der Waals surface area contributed by atoms with Gasteiger partial charge in [0.05, 0.1) is 0 Å². The summed E-state index contributed by atoms with van der Waals surface area (Å²) in [5, 5.41) is 7.42. The second-order valence-corrected chi connectivity index (χ2v) is 5.12. The van der Waals surface area contributed by atoms with Crippen molar-refractivity contribution in [2.75, 3.05) is 11.5 Å². The number of carboxylic acids is 1. The van der Waals surface area contributed by atoms with E-state index in [4.69, 9.17) is 21.4 Å². The molecule has 29 heavy (non-hydrogen) atoms. The standard InChI is InChI=1S/C6H5BrF2N2O.C6H6F2N2O.C2H4O2.Br2/c7-3-1-4(12-6(8)9)5(10)11-2-3;7-6(8)11-4-2-1-3-10-5(4)9;1-2(3)4;1-2/h1-2,6H,(H2,10,11);1-3,6H,(H2,9,10);1H3,(H,3,4);. The molecule has 15 heteroatoms. The SMILES string of the molecule is BrBr.CC(=O)O.Nc1ncc(Br)cc1OC(F)F.Nc1ncccc1OC(F)F. The summed E-state index contributed by atoms with van der Waals surface area (Å²) in [5.74, 6) is -1.15. The molecule has 0 bridgehead atoms. The number of pyridine rings is 2. The van der Waals surface area contributed by atoms with Gasteiger partial charge in [-0.05, 0) is 34.1 Å². The highest BCUT2D eigenvalue weighted by Gasteiger charge is 2.08. The van der Waals surface area contributed by atoms with E-state index in [2.05, 4.69) is 63.6 Å². The number of ether oxygens (including phenoxy) is 2. The Morgan fingerprint density at radius 2 is 1.52 bits per heavy atom. The number of carbonyl (C=O) groups is 1. The van der Waals surface area contributed by atoms with Gasteiger partial charge in [0.2, 0.25) is 0 Å². The van der Waals surface area contributed by atoms with Crippen molar-refractivity contribution in [1.29, 1.82) is 0 Å². The van der Waals surface area contributed by atoms with Crippen molar-refractivity contribution in [3.63, 3.8) is 0 Å². The molecule has 0 radical (unpaired) electrons. The Morgan fingerprint density at radius 3 is 1.97 bits per heavy atom. The first-order chi connectivity index (χ1) is 13.5. The van der Waals surface area contributed by atoms with Crippen LogP contribution in [0.15, 0.2) is 35.1 Å². The van der Waals surface area contributed by atoms with E-state index in [-0.39, 0.29) is 23.1 Å². The van der Waals surface area contributed by atoms with Gasteiger partial charge in [-0.3, -0.25) is 4.79 Å². The zero-order valence-electron chi connectivity index (χ0n) is 14.4. The number of alkyl halides is 4. The highest BCUT2D eigenvalue weighted by molar-refractivity contribution is 9.93. The molecule has 164 valence electrons. The monoisotopic (exact) mass is 616 g/mol. The minimum atomic E-state index is -2.89. The van der Waals surface area contributed by atoms with Gasteiger partial charge in [-0.15, -0.1) is 0 Å². The van der Waals surface area contributed by atoms with E-state index >= 15 is 0 Å². The zero-order valence-corrected chi connectivity index (χ0v) is 19.2. The molecule has 0 aliphatic carbocycles. The van der Waals surface area contributed by atoms with Crippen molar-refractivity contribution >= 4 is 61.8 Å². The van der Waals surface area contributed by atoms with Crippen LogP contribution < -0.4 is 20.9 Å². The Morgan fingerprint density at radius 1 is 1.07 bits per heavy atom. The molecule has 0 fully saturated rings. The first kappa shape index (κ1) is 29.3. The van der Waals surface area contributed by atoms with Gasteiger partial charge in [0.25, 0.3) is 5.97 Å². The van der Waals surface area contributed by atoms with Gasteiger partial charge in [0, 0.05) is 52.0 Å². The number of halogens is 7. The maximum atomic E-state index is 11.7. The largest absolute Gasteiger partial charge is 0.481 e. The fraction of sp³-hybridized carbons (Fsp3) is 0.214. The zero-order chi connectivity index (χ0) is 23.0. The number of carboxylic acid groups (broad SMARTS) is 1. The van der Waals surface area contributed by atoms with Crippen molar-refractivity contribution in [3.05, 3.63) is 35.1 Å². The fourth-order valence-electron chi connectivity index (χ4n) is 1.22. The van der Waals surface area contributed by atoms with Gasteiger partial charge >= 0.3 is 13.2 Å². The summed E-state index contributed by atoms with van der Waals surface area (Å²) in [7, 11) is 0. The molecule has 0 aromatic carbocycles. The van der Waals surface area contributed by atoms with Crippen molar-refractivity contribution in [2.45, 2.75) is 20.1 Å². The van der Waals surface area contributed by atoms with E-state index in [9.17, 15) is 17.6 Å². The van der Waals surface area contributed by atoms with E-state index in [0.717, 1.165) is 6.92 Å². The van der Waals surface area contributed by atoms with E-state index in [1.807, 2.05) is 0 Å². The van der Waals surface area contributed by atoms with E-state index in [1.54, 1.807) is 0 Å². The van der Waals surface area contributed by atoms with Crippen molar-refractivity contribution < 1.29 is 36.9 Å². The molecule has 0 saturated heterocycles. The third-order valence-corrected chi connectivity index (χ3v) is 2.51. The molecule has 0 atom stereocenters. The Balaban J connectivity index is 0. The molecule has 0 aliphatic rings. The lowest BCUT2D eigenvalue weighted by molar-refractivity contribution is -0.134. The topological polar surface area (TPSA) is 134 Å². The molecular formula is C14H15Br3F4N4O4. The van der Waals surface area contributed by atoms with Crippen molar-refractivity contribution in [3.8, 4) is 11.5 Å². The van der Waals surface area contributed by atoms with Gasteiger partial charge < -0.3 is 26.0 Å². The molecule has 2 heterocycles. The predicted molar refractivity (Wildman–Crippen MR) is 109 cm³/mol. The molecule has 0 saturated carbocycles. The van der Waals surface area contributed by atoms with Gasteiger partial charge in [0.1, 0.15) is 0 Å². The quantitative estimate of drug-likeness (QED) is 0.404. The van der Waals surface area contributed by atoms with Crippen LogP contribution in [0.1, 0.15) is 6.92 Å². The molecule has 2 rings (SSSR count). The summed E-state index contributed by atoms with van der Waals surface area (Å²) < 4.78 is 55.2. The molecule has 0 aliphatic heterocycles. The van der Waals surface area contributed by atoms with Gasteiger partial charge in [0.15, 0.2) is 23.1 Å². The molecule has 5 N–H and O–H groups in total. The van der Waals surface area contributed by atoms with Crippen LogP contribution in [0.25, 0.3) is 0 Å². The summed E-state index contributed by atoms with van der Waals surface area (Å²) >= 11 is 8.54. The highest BCUT2D eigenvalue weighted by atomic mass is 80.9.